The second kappa shape index (κ2) is 6.91. The summed E-state index contributed by atoms with van der Waals surface area (Å²) >= 11 is 9.05. The van der Waals surface area contributed by atoms with Crippen LogP contribution in [0.3, 0.4) is 0 Å². The van der Waals surface area contributed by atoms with Gasteiger partial charge in [-0.05, 0) is 37.3 Å². The Morgan fingerprint density at radius 3 is 2.74 bits per heavy atom. The number of thiazole rings is 1. The summed E-state index contributed by atoms with van der Waals surface area (Å²) in [5.74, 6) is 0.0542. The summed E-state index contributed by atoms with van der Waals surface area (Å²) in [6.45, 7) is 1.91. The Kier molecular flexibility index (Phi) is 4.90. The van der Waals surface area contributed by atoms with Crippen molar-refractivity contribution in [3.63, 3.8) is 0 Å². The maximum atomic E-state index is 12.6. The normalized spacial score (nSPS) is 12.3. The van der Waals surface area contributed by atoms with Crippen LogP contribution in [-0.2, 0) is 4.79 Å². The minimum Gasteiger partial charge on any atom is -0.315 e. The van der Waals surface area contributed by atoms with Crippen LogP contribution in [0.1, 0.15) is 6.92 Å². The number of amides is 1. The summed E-state index contributed by atoms with van der Waals surface area (Å²) in [6, 6.07) is 15.3. The fraction of sp³-hybridized carbons (Fsp3) is 0.176. The minimum absolute atomic E-state index is 0.0542. The monoisotopic (exact) mass is 362 g/mol. The number of hydrogen-bond acceptors (Lipinski definition) is 4. The number of benzene rings is 2. The molecular formula is C17H15ClN2OS2. The Bertz CT molecular complexity index is 835. The Morgan fingerprint density at radius 2 is 2.00 bits per heavy atom. The molecule has 0 radical (unpaired) electrons. The van der Waals surface area contributed by atoms with E-state index in [1.807, 2.05) is 55.5 Å². The Morgan fingerprint density at radius 1 is 1.26 bits per heavy atom. The number of halogens is 1. The molecule has 1 unspecified atom stereocenters. The minimum atomic E-state index is -0.212. The highest BCUT2D eigenvalue weighted by Crippen LogP contribution is 2.33. The summed E-state index contributed by atoms with van der Waals surface area (Å²) in [4.78, 5) is 18.8. The first-order valence-electron chi connectivity index (χ1n) is 7.10. The lowest BCUT2D eigenvalue weighted by molar-refractivity contribution is -0.117. The van der Waals surface area contributed by atoms with Crippen molar-refractivity contribution in [1.29, 1.82) is 0 Å². The Hall–Kier alpha value is -1.56. The largest absolute Gasteiger partial charge is 0.315 e. The number of anilines is 1. The molecule has 3 nitrogen and oxygen atoms in total. The summed E-state index contributed by atoms with van der Waals surface area (Å²) in [5, 5.41) is 0.462. The highest BCUT2D eigenvalue weighted by Gasteiger charge is 2.21. The van der Waals surface area contributed by atoms with Gasteiger partial charge in [0.25, 0.3) is 0 Å². The molecule has 1 atom stereocenters. The highest BCUT2D eigenvalue weighted by atomic mass is 35.5. The third kappa shape index (κ3) is 3.68. The summed E-state index contributed by atoms with van der Waals surface area (Å²) in [5.41, 5.74) is 1.77. The van der Waals surface area contributed by atoms with Crippen LogP contribution in [0.25, 0.3) is 10.2 Å². The molecule has 0 aliphatic heterocycles. The third-order valence-corrected chi connectivity index (χ3v) is 5.88. The maximum Gasteiger partial charge on any atom is 0.240 e. The van der Waals surface area contributed by atoms with Gasteiger partial charge < -0.3 is 4.90 Å². The fourth-order valence-electron chi connectivity index (χ4n) is 2.18. The summed E-state index contributed by atoms with van der Waals surface area (Å²) in [6.07, 6.45) is 0. The standard InChI is InChI=1S/C17H15ClN2OS2/c1-11(16(21)20(2)13-6-4-3-5-7-13)22-17-19-14-10-12(18)8-9-15(14)23-17/h3-11H,1-2H3. The molecule has 0 saturated heterocycles. The number of hydrogen-bond donors (Lipinski definition) is 0. The predicted molar refractivity (Wildman–Crippen MR) is 99.8 cm³/mol. The highest BCUT2D eigenvalue weighted by molar-refractivity contribution is 8.02. The van der Waals surface area contributed by atoms with Crippen LogP contribution in [-0.4, -0.2) is 23.2 Å². The van der Waals surface area contributed by atoms with Crippen molar-refractivity contribution in [1.82, 2.24) is 4.98 Å². The lowest BCUT2D eigenvalue weighted by Gasteiger charge is -2.20. The number of carbonyl (C=O) groups is 1. The number of nitrogens with zero attached hydrogens (tertiary/aromatic N) is 2. The van der Waals surface area contributed by atoms with Crippen LogP contribution in [0.5, 0.6) is 0 Å². The van der Waals surface area contributed by atoms with E-state index in [0.29, 0.717) is 5.02 Å². The van der Waals surface area contributed by atoms with Crippen LogP contribution < -0.4 is 4.90 Å². The Labute approximate surface area is 148 Å². The summed E-state index contributed by atoms with van der Waals surface area (Å²) in [7, 11) is 1.80. The summed E-state index contributed by atoms with van der Waals surface area (Å²) < 4.78 is 1.96. The lowest BCUT2D eigenvalue weighted by Crippen LogP contribution is -2.33. The molecule has 0 saturated carbocycles. The van der Waals surface area contributed by atoms with Crippen LogP contribution in [0.4, 0.5) is 5.69 Å². The molecule has 0 N–H and O–H groups in total. The Balaban J connectivity index is 1.74. The molecule has 23 heavy (non-hydrogen) atoms. The molecule has 1 heterocycles. The number of rotatable bonds is 4. The quantitative estimate of drug-likeness (QED) is 0.606. The van der Waals surface area contributed by atoms with Gasteiger partial charge in [-0.2, -0.15) is 0 Å². The second-order valence-corrected chi connectivity index (χ2v) is 8.14. The average molecular weight is 363 g/mol. The molecular weight excluding hydrogens is 348 g/mol. The number of fused-ring (bicyclic) bond motifs is 1. The van der Waals surface area contributed by atoms with E-state index in [9.17, 15) is 4.79 Å². The van der Waals surface area contributed by atoms with Crippen molar-refractivity contribution in [2.45, 2.75) is 16.5 Å². The zero-order chi connectivity index (χ0) is 16.4. The molecule has 0 bridgehead atoms. The zero-order valence-electron chi connectivity index (χ0n) is 12.7. The maximum absolute atomic E-state index is 12.6. The van der Waals surface area contributed by atoms with Gasteiger partial charge in [0, 0.05) is 17.8 Å². The van der Waals surface area contributed by atoms with Crippen molar-refractivity contribution in [3.8, 4) is 0 Å². The molecule has 3 aromatic rings. The zero-order valence-corrected chi connectivity index (χ0v) is 15.1. The van der Waals surface area contributed by atoms with E-state index in [1.54, 1.807) is 23.3 Å². The third-order valence-electron chi connectivity index (χ3n) is 3.43. The number of carbonyl (C=O) groups excluding carboxylic acids is 1. The van der Waals surface area contributed by atoms with E-state index >= 15 is 0 Å². The van der Waals surface area contributed by atoms with E-state index in [-0.39, 0.29) is 11.2 Å². The van der Waals surface area contributed by atoms with Gasteiger partial charge in [0.15, 0.2) is 4.34 Å². The molecule has 6 heteroatoms. The van der Waals surface area contributed by atoms with E-state index < -0.39 is 0 Å². The molecule has 0 fully saturated rings. The van der Waals surface area contributed by atoms with E-state index in [0.717, 1.165) is 20.2 Å². The van der Waals surface area contributed by atoms with Crippen LogP contribution in [0.2, 0.25) is 5.02 Å². The lowest BCUT2D eigenvalue weighted by atomic mass is 10.3. The molecule has 1 amide bonds. The molecule has 2 aromatic carbocycles. The van der Waals surface area contributed by atoms with E-state index in [1.165, 1.54) is 11.8 Å². The predicted octanol–water partition coefficient (Wildman–Crippen LogP) is 5.09. The van der Waals surface area contributed by atoms with Gasteiger partial charge in [0.05, 0.1) is 15.5 Å². The molecule has 1 aromatic heterocycles. The van der Waals surface area contributed by atoms with Gasteiger partial charge in [0.2, 0.25) is 5.91 Å². The van der Waals surface area contributed by atoms with E-state index in [2.05, 4.69) is 4.98 Å². The average Bonchev–Trinajstić information content (AvgIpc) is 2.95. The first-order chi connectivity index (χ1) is 11.0. The fourth-order valence-corrected chi connectivity index (χ4v) is 4.63. The van der Waals surface area contributed by atoms with E-state index in [4.69, 9.17) is 11.6 Å². The molecule has 0 aliphatic carbocycles. The van der Waals surface area contributed by atoms with Crippen LogP contribution in [0.15, 0.2) is 52.9 Å². The van der Waals surface area contributed by atoms with Crippen molar-refractivity contribution < 1.29 is 4.79 Å². The topological polar surface area (TPSA) is 33.2 Å². The van der Waals surface area contributed by atoms with Crippen molar-refractivity contribution in [3.05, 3.63) is 53.6 Å². The molecule has 118 valence electrons. The second-order valence-electron chi connectivity index (χ2n) is 5.08. The molecule has 0 aliphatic rings. The first-order valence-corrected chi connectivity index (χ1v) is 9.17. The van der Waals surface area contributed by atoms with Crippen LogP contribution in [0, 0.1) is 0 Å². The van der Waals surface area contributed by atoms with Crippen molar-refractivity contribution in [2.75, 3.05) is 11.9 Å². The smallest absolute Gasteiger partial charge is 0.240 e. The van der Waals surface area contributed by atoms with Crippen molar-refractivity contribution >= 4 is 56.5 Å². The van der Waals surface area contributed by atoms with Gasteiger partial charge in [-0.25, -0.2) is 4.98 Å². The van der Waals surface area contributed by atoms with Gasteiger partial charge >= 0.3 is 0 Å². The molecule has 0 spiro atoms. The van der Waals surface area contributed by atoms with Gasteiger partial charge in [0.1, 0.15) is 0 Å². The van der Waals surface area contributed by atoms with Crippen molar-refractivity contribution in [2.24, 2.45) is 0 Å². The van der Waals surface area contributed by atoms with Gasteiger partial charge in [-0.15, -0.1) is 11.3 Å². The van der Waals surface area contributed by atoms with Gasteiger partial charge in [-0.3, -0.25) is 4.79 Å². The number of para-hydroxylation sites is 1. The first kappa shape index (κ1) is 16.3. The number of aromatic nitrogens is 1. The molecule has 3 rings (SSSR count). The SMILES string of the molecule is CC(Sc1nc2cc(Cl)ccc2s1)C(=O)N(C)c1ccccc1. The number of thioether (sulfide) groups is 1. The van der Waals surface area contributed by atoms with Crippen LogP contribution >= 0.6 is 34.7 Å². The van der Waals surface area contributed by atoms with Gasteiger partial charge in [-0.1, -0.05) is 41.6 Å².